The summed E-state index contributed by atoms with van der Waals surface area (Å²) in [6.45, 7) is 1.68. The molecule has 0 bridgehead atoms. The Morgan fingerprint density at radius 3 is 2.75 bits per heavy atom. The smallest absolute Gasteiger partial charge is 0.335 e. The molecule has 6 nitrogen and oxygen atoms in total. The molecule has 7 heteroatoms. The van der Waals surface area contributed by atoms with Gasteiger partial charge in [0.05, 0.1) is 11.3 Å². The van der Waals surface area contributed by atoms with Gasteiger partial charge in [-0.15, -0.1) is 0 Å². The first-order valence-corrected chi connectivity index (χ1v) is 5.55. The average molecular weight is 272 g/mol. The fraction of sp³-hybridized carbons (Fsp3) is 0.0769. The van der Waals surface area contributed by atoms with Gasteiger partial charge in [0.25, 0.3) is 0 Å². The van der Waals surface area contributed by atoms with E-state index in [1.807, 2.05) is 6.07 Å². The topological polar surface area (TPSA) is 98.9 Å². The lowest BCUT2D eigenvalue weighted by molar-refractivity contribution is 0.0696. The molecule has 20 heavy (non-hydrogen) atoms. The van der Waals surface area contributed by atoms with Gasteiger partial charge < -0.3 is 10.4 Å². The number of nitrogens with one attached hydrogen (secondary N) is 1. The Hall–Kier alpha value is -3.01. The normalized spacial score (nSPS) is 9.85. The monoisotopic (exact) mass is 272 g/mol. The van der Waals surface area contributed by atoms with E-state index in [-0.39, 0.29) is 22.9 Å². The molecule has 1 aromatic heterocycles. The Bertz CT molecular complexity index is 725. The van der Waals surface area contributed by atoms with Crippen molar-refractivity contribution in [2.24, 2.45) is 0 Å². The molecule has 0 aliphatic carbocycles. The lowest BCUT2D eigenvalue weighted by Gasteiger charge is -2.07. The van der Waals surface area contributed by atoms with Crippen LogP contribution in [0.1, 0.15) is 21.7 Å². The van der Waals surface area contributed by atoms with E-state index in [0.29, 0.717) is 5.69 Å². The number of halogens is 1. The average Bonchev–Trinajstić information content (AvgIpc) is 2.40. The predicted octanol–water partition coefficient (Wildman–Crippen LogP) is 2.24. The van der Waals surface area contributed by atoms with Crippen molar-refractivity contribution >= 4 is 17.6 Å². The third-order valence-electron chi connectivity index (χ3n) is 2.43. The largest absolute Gasteiger partial charge is 0.478 e. The van der Waals surface area contributed by atoms with Gasteiger partial charge in [0.15, 0.2) is 0 Å². The quantitative estimate of drug-likeness (QED) is 0.888. The van der Waals surface area contributed by atoms with Crippen LogP contribution in [0.3, 0.4) is 0 Å². The number of hydrogen-bond donors (Lipinski definition) is 2. The number of aromatic nitrogens is 2. The molecule has 0 fully saturated rings. The van der Waals surface area contributed by atoms with Crippen molar-refractivity contribution in [1.82, 2.24) is 9.97 Å². The maximum absolute atomic E-state index is 13.7. The van der Waals surface area contributed by atoms with Gasteiger partial charge in [0, 0.05) is 5.69 Å². The molecule has 1 aromatic carbocycles. The molecule has 0 aliphatic heterocycles. The summed E-state index contributed by atoms with van der Waals surface area (Å²) >= 11 is 0. The summed E-state index contributed by atoms with van der Waals surface area (Å²) in [5.74, 6) is -1.88. The second kappa shape index (κ2) is 5.32. The standard InChI is InChI=1S/C13H9FN4O2/c1-7-4-9(6-15)17-13(16-7)18-11-3-2-8(12(19)20)5-10(11)14/h2-5H,1H3,(H,19,20)(H,16,17,18). The fourth-order valence-corrected chi connectivity index (χ4v) is 1.55. The molecular weight excluding hydrogens is 263 g/mol. The number of carboxylic acid groups (broad SMARTS) is 1. The van der Waals surface area contributed by atoms with Gasteiger partial charge >= 0.3 is 5.97 Å². The van der Waals surface area contributed by atoms with Crippen LogP contribution < -0.4 is 5.32 Å². The summed E-state index contributed by atoms with van der Waals surface area (Å²) in [5.41, 5.74) is 0.588. The molecule has 2 aromatic rings. The van der Waals surface area contributed by atoms with Crippen LogP contribution in [0.15, 0.2) is 24.3 Å². The second-order valence-corrected chi connectivity index (χ2v) is 3.95. The molecule has 100 valence electrons. The molecular formula is C13H9FN4O2. The summed E-state index contributed by atoms with van der Waals surface area (Å²) in [6, 6.07) is 6.79. The minimum absolute atomic E-state index is 0.0319. The number of anilines is 2. The van der Waals surface area contributed by atoms with Crippen LogP contribution in [0.5, 0.6) is 0 Å². The Kier molecular flexibility index (Phi) is 3.57. The maximum Gasteiger partial charge on any atom is 0.335 e. The lowest BCUT2D eigenvalue weighted by Crippen LogP contribution is -2.03. The van der Waals surface area contributed by atoms with Crippen molar-refractivity contribution in [2.75, 3.05) is 5.32 Å². The zero-order valence-electron chi connectivity index (χ0n) is 10.4. The van der Waals surface area contributed by atoms with Crippen LogP contribution in [0.2, 0.25) is 0 Å². The Morgan fingerprint density at radius 2 is 2.15 bits per heavy atom. The van der Waals surface area contributed by atoms with Crippen LogP contribution in [0.4, 0.5) is 16.0 Å². The van der Waals surface area contributed by atoms with Crippen molar-refractivity contribution in [3.05, 3.63) is 47.0 Å². The van der Waals surface area contributed by atoms with E-state index in [2.05, 4.69) is 15.3 Å². The van der Waals surface area contributed by atoms with Gasteiger partial charge in [-0.3, -0.25) is 0 Å². The molecule has 0 radical (unpaired) electrons. The van der Waals surface area contributed by atoms with Crippen molar-refractivity contribution in [3.8, 4) is 6.07 Å². The maximum atomic E-state index is 13.7. The van der Waals surface area contributed by atoms with Gasteiger partial charge in [0.1, 0.15) is 17.6 Å². The van der Waals surface area contributed by atoms with Crippen LogP contribution in [-0.2, 0) is 0 Å². The molecule has 0 saturated heterocycles. The molecule has 0 unspecified atom stereocenters. The van der Waals surface area contributed by atoms with Crippen molar-refractivity contribution in [3.63, 3.8) is 0 Å². The number of carbonyl (C=O) groups is 1. The second-order valence-electron chi connectivity index (χ2n) is 3.95. The lowest BCUT2D eigenvalue weighted by atomic mass is 10.2. The molecule has 2 N–H and O–H groups in total. The SMILES string of the molecule is Cc1cc(C#N)nc(Nc2ccc(C(=O)O)cc2F)n1. The Morgan fingerprint density at radius 1 is 1.40 bits per heavy atom. The molecule has 0 spiro atoms. The summed E-state index contributed by atoms with van der Waals surface area (Å²) in [6.07, 6.45) is 0. The van der Waals surface area contributed by atoms with Gasteiger partial charge in [-0.2, -0.15) is 5.26 Å². The third kappa shape index (κ3) is 2.87. The first kappa shape index (κ1) is 13.4. The predicted molar refractivity (Wildman–Crippen MR) is 68.1 cm³/mol. The van der Waals surface area contributed by atoms with E-state index in [0.717, 1.165) is 6.07 Å². The first-order valence-electron chi connectivity index (χ1n) is 5.55. The third-order valence-corrected chi connectivity index (χ3v) is 2.43. The highest BCUT2D eigenvalue weighted by Crippen LogP contribution is 2.19. The highest BCUT2D eigenvalue weighted by molar-refractivity contribution is 5.88. The highest BCUT2D eigenvalue weighted by Gasteiger charge is 2.10. The number of carboxylic acids is 1. The molecule has 0 amide bonds. The van der Waals surface area contributed by atoms with Gasteiger partial charge in [-0.1, -0.05) is 0 Å². The zero-order chi connectivity index (χ0) is 14.7. The number of nitrogens with zero attached hydrogens (tertiary/aromatic N) is 3. The first-order chi connectivity index (χ1) is 9.49. The highest BCUT2D eigenvalue weighted by atomic mass is 19.1. The molecule has 0 aliphatic rings. The van der Waals surface area contributed by atoms with E-state index in [1.54, 1.807) is 6.92 Å². The van der Waals surface area contributed by atoms with Crippen LogP contribution >= 0.6 is 0 Å². The number of rotatable bonds is 3. The number of benzene rings is 1. The summed E-state index contributed by atoms with van der Waals surface area (Å²) < 4.78 is 13.7. The van der Waals surface area contributed by atoms with E-state index in [9.17, 15) is 9.18 Å². The van der Waals surface area contributed by atoms with Gasteiger partial charge in [-0.05, 0) is 31.2 Å². The van der Waals surface area contributed by atoms with E-state index >= 15 is 0 Å². The van der Waals surface area contributed by atoms with E-state index in [1.165, 1.54) is 18.2 Å². The van der Waals surface area contributed by atoms with Crippen LogP contribution in [0, 0.1) is 24.1 Å². The minimum atomic E-state index is -1.21. The number of nitriles is 1. The van der Waals surface area contributed by atoms with Crippen molar-refractivity contribution < 1.29 is 14.3 Å². The molecule has 0 atom stereocenters. The van der Waals surface area contributed by atoms with E-state index < -0.39 is 11.8 Å². The van der Waals surface area contributed by atoms with Crippen molar-refractivity contribution in [2.45, 2.75) is 6.92 Å². The summed E-state index contributed by atoms with van der Waals surface area (Å²) in [7, 11) is 0. The van der Waals surface area contributed by atoms with Gasteiger partial charge in [-0.25, -0.2) is 19.2 Å². The molecule has 0 saturated carbocycles. The van der Waals surface area contributed by atoms with E-state index in [4.69, 9.17) is 10.4 Å². The van der Waals surface area contributed by atoms with Crippen LogP contribution in [-0.4, -0.2) is 21.0 Å². The Labute approximate surface area is 113 Å². The molecule has 2 rings (SSSR count). The fourth-order valence-electron chi connectivity index (χ4n) is 1.55. The number of aromatic carboxylic acids is 1. The summed E-state index contributed by atoms with van der Waals surface area (Å²) in [5, 5.41) is 20.2. The summed E-state index contributed by atoms with van der Waals surface area (Å²) in [4.78, 5) is 18.6. The number of hydrogen-bond acceptors (Lipinski definition) is 5. The van der Waals surface area contributed by atoms with Gasteiger partial charge in [0.2, 0.25) is 5.95 Å². The zero-order valence-corrected chi connectivity index (χ0v) is 10.4. The number of aryl methyl sites for hydroxylation is 1. The molecule has 1 heterocycles. The minimum Gasteiger partial charge on any atom is -0.478 e. The Balaban J connectivity index is 2.33. The van der Waals surface area contributed by atoms with Crippen molar-refractivity contribution in [1.29, 1.82) is 5.26 Å². The van der Waals surface area contributed by atoms with Crippen LogP contribution in [0.25, 0.3) is 0 Å².